The largest absolute Gasteiger partial charge is 0.459 e. The summed E-state index contributed by atoms with van der Waals surface area (Å²) < 4.78 is 5.34. The highest BCUT2D eigenvalue weighted by Crippen LogP contribution is 2.11. The molecule has 0 aromatic heterocycles. The van der Waals surface area contributed by atoms with Crippen molar-refractivity contribution in [3.05, 3.63) is 0 Å². The maximum Gasteiger partial charge on any atom is 0.323 e. The smallest absolute Gasteiger partial charge is 0.323 e. The number of aliphatic hydroxyl groups excluding tert-OH is 1. The van der Waals surface area contributed by atoms with Gasteiger partial charge >= 0.3 is 5.97 Å². The summed E-state index contributed by atoms with van der Waals surface area (Å²) in [6.07, 6.45) is 2.09. The molecule has 1 atom stereocenters. The van der Waals surface area contributed by atoms with E-state index >= 15 is 0 Å². The van der Waals surface area contributed by atoms with Crippen LogP contribution in [0.2, 0.25) is 0 Å². The number of carbonyl (C=O) groups excluding carboxylic acids is 1. The molecule has 0 fully saturated rings. The minimum absolute atomic E-state index is 0.0663. The molecular weight excluding hydrogens is 218 g/mol. The number of unbranched alkanes of at least 4 members (excludes halogenated alkanes) is 1. The molecule has 0 spiro atoms. The van der Waals surface area contributed by atoms with Gasteiger partial charge in [-0.2, -0.15) is 0 Å². The molecule has 0 aliphatic carbocycles. The minimum atomic E-state index is -0.457. The summed E-state index contributed by atoms with van der Waals surface area (Å²) >= 11 is 0. The zero-order chi connectivity index (χ0) is 13.5. The molecule has 0 heterocycles. The fraction of sp³-hybridized carbons (Fsp3) is 0.923. The second kappa shape index (κ2) is 7.67. The van der Waals surface area contributed by atoms with Crippen LogP contribution in [0.1, 0.15) is 47.5 Å². The van der Waals surface area contributed by atoms with Crippen LogP contribution in [0, 0.1) is 0 Å². The zero-order valence-corrected chi connectivity index (χ0v) is 11.8. The summed E-state index contributed by atoms with van der Waals surface area (Å²) in [5.41, 5.74) is -0.457. The molecule has 0 aliphatic heterocycles. The second-order valence-corrected chi connectivity index (χ2v) is 5.32. The molecule has 0 aliphatic rings. The number of hydrogen-bond donors (Lipinski definition) is 1. The number of ether oxygens (including phenoxy) is 1. The van der Waals surface area contributed by atoms with Crippen molar-refractivity contribution in [1.29, 1.82) is 0 Å². The molecule has 17 heavy (non-hydrogen) atoms. The lowest BCUT2D eigenvalue weighted by Crippen LogP contribution is -2.44. The lowest BCUT2D eigenvalue weighted by atomic mass is 10.2. The van der Waals surface area contributed by atoms with E-state index < -0.39 is 5.60 Å². The van der Waals surface area contributed by atoms with Crippen LogP contribution in [0.3, 0.4) is 0 Å². The third-order valence-corrected chi connectivity index (χ3v) is 2.48. The van der Waals surface area contributed by atoms with Gasteiger partial charge in [-0.3, -0.25) is 9.69 Å². The first kappa shape index (κ1) is 16.4. The normalized spacial score (nSPS) is 13.8. The Bertz CT molecular complexity index is 223. The summed E-state index contributed by atoms with van der Waals surface area (Å²) in [5, 5.41) is 9.01. The van der Waals surface area contributed by atoms with Gasteiger partial charge in [-0.05, 0) is 40.7 Å². The van der Waals surface area contributed by atoms with Crippen LogP contribution >= 0.6 is 0 Å². The highest BCUT2D eigenvalue weighted by Gasteiger charge is 2.25. The molecule has 0 rings (SSSR count). The van der Waals surface area contributed by atoms with Crippen LogP contribution < -0.4 is 0 Å². The summed E-state index contributed by atoms with van der Waals surface area (Å²) in [6, 6.07) is -0.298. The SMILES string of the molecule is CCCCN(CCO)C(C)C(=O)OC(C)(C)C. The maximum absolute atomic E-state index is 11.9. The molecule has 4 nitrogen and oxygen atoms in total. The van der Waals surface area contributed by atoms with Crippen molar-refractivity contribution in [2.45, 2.75) is 59.1 Å². The van der Waals surface area contributed by atoms with E-state index in [2.05, 4.69) is 6.92 Å². The third kappa shape index (κ3) is 7.34. The van der Waals surface area contributed by atoms with Crippen LogP contribution in [-0.4, -0.2) is 47.3 Å². The molecule has 0 radical (unpaired) electrons. The second-order valence-electron chi connectivity index (χ2n) is 5.32. The molecule has 1 N–H and O–H groups in total. The Labute approximate surface area is 105 Å². The molecule has 0 saturated carbocycles. The summed E-state index contributed by atoms with van der Waals surface area (Å²) in [6.45, 7) is 10.9. The van der Waals surface area contributed by atoms with Gasteiger partial charge in [0.1, 0.15) is 11.6 Å². The van der Waals surface area contributed by atoms with Gasteiger partial charge in [0.25, 0.3) is 0 Å². The Balaban J connectivity index is 4.37. The molecule has 0 aromatic rings. The molecule has 0 bridgehead atoms. The van der Waals surface area contributed by atoms with E-state index in [0.717, 1.165) is 19.4 Å². The van der Waals surface area contributed by atoms with Crippen molar-refractivity contribution in [2.75, 3.05) is 19.7 Å². The van der Waals surface area contributed by atoms with Gasteiger partial charge in [-0.25, -0.2) is 0 Å². The number of aliphatic hydroxyl groups is 1. The number of nitrogens with zero attached hydrogens (tertiary/aromatic N) is 1. The number of carbonyl (C=O) groups is 1. The molecule has 4 heteroatoms. The first-order chi connectivity index (χ1) is 7.81. The fourth-order valence-electron chi connectivity index (χ4n) is 1.52. The molecule has 0 saturated heterocycles. The fourth-order valence-corrected chi connectivity index (χ4v) is 1.52. The lowest BCUT2D eigenvalue weighted by Gasteiger charge is -2.29. The van der Waals surface area contributed by atoms with Crippen LogP contribution in [0.5, 0.6) is 0 Å². The van der Waals surface area contributed by atoms with E-state index in [1.54, 1.807) is 0 Å². The van der Waals surface area contributed by atoms with Gasteiger partial charge in [0.2, 0.25) is 0 Å². The average molecular weight is 245 g/mol. The van der Waals surface area contributed by atoms with Crippen molar-refractivity contribution in [2.24, 2.45) is 0 Å². The molecule has 0 aromatic carbocycles. The Kier molecular flexibility index (Phi) is 7.39. The van der Waals surface area contributed by atoms with Gasteiger partial charge in [0.05, 0.1) is 6.61 Å². The first-order valence-corrected chi connectivity index (χ1v) is 6.39. The third-order valence-electron chi connectivity index (χ3n) is 2.48. The average Bonchev–Trinajstić information content (AvgIpc) is 2.20. The predicted molar refractivity (Wildman–Crippen MR) is 68.9 cm³/mol. The zero-order valence-electron chi connectivity index (χ0n) is 11.8. The monoisotopic (exact) mass is 245 g/mol. The Morgan fingerprint density at radius 2 is 1.94 bits per heavy atom. The molecule has 0 amide bonds. The Morgan fingerprint density at radius 3 is 2.35 bits per heavy atom. The van der Waals surface area contributed by atoms with Gasteiger partial charge < -0.3 is 9.84 Å². The molecule has 1 unspecified atom stereocenters. The first-order valence-electron chi connectivity index (χ1n) is 6.39. The summed E-state index contributed by atoms with van der Waals surface area (Å²) in [5.74, 6) is -0.220. The number of rotatable bonds is 7. The van der Waals surface area contributed by atoms with Gasteiger partial charge in [-0.15, -0.1) is 0 Å². The van der Waals surface area contributed by atoms with Gasteiger partial charge in [-0.1, -0.05) is 13.3 Å². The van der Waals surface area contributed by atoms with Crippen molar-refractivity contribution in [1.82, 2.24) is 4.90 Å². The predicted octanol–water partition coefficient (Wildman–Crippen LogP) is 1.81. The van der Waals surface area contributed by atoms with Crippen LogP contribution in [0.4, 0.5) is 0 Å². The van der Waals surface area contributed by atoms with Crippen molar-refractivity contribution < 1.29 is 14.6 Å². The minimum Gasteiger partial charge on any atom is -0.459 e. The van der Waals surface area contributed by atoms with E-state index in [-0.39, 0.29) is 18.6 Å². The van der Waals surface area contributed by atoms with Crippen LogP contribution in [-0.2, 0) is 9.53 Å². The Hall–Kier alpha value is -0.610. The maximum atomic E-state index is 11.9. The van der Waals surface area contributed by atoms with Gasteiger partial charge in [0, 0.05) is 6.54 Å². The summed E-state index contributed by atoms with van der Waals surface area (Å²) in [7, 11) is 0. The van der Waals surface area contributed by atoms with E-state index in [4.69, 9.17) is 9.84 Å². The quantitative estimate of drug-likeness (QED) is 0.695. The topological polar surface area (TPSA) is 49.8 Å². The van der Waals surface area contributed by atoms with E-state index in [9.17, 15) is 4.79 Å². The molecule has 102 valence electrons. The summed E-state index contributed by atoms with van der Waals surface area (Å²) in [4.78, 5) is 13.9. The highest BCUT2D eigenvalue weighted by molar-refractivity contribution is 5.75. The number of esters is 1. The highest BCUT2D eigenvalue weighted by atomic mass is 16.6. The standard InChI is InChI=1S/C13H27NO3/c1-6-7-8-14(9-10-15)11(2)12(16)17-13(3,4)5/h11,15H,6-10H2,1-5H3. The van der Waals surface area contributed by atoms with E-state index in [1.165, 1.54) is 0 Å². The Morgan fingerprint density at radius 1 is 1.35 bits per heavy atom. The van der Waals surface area contributed by atoms with Crippen LogP contribution in [0.15, 0.2) is 0 Å². The molecular formula is C13H27NO3. The van der Waals surface area contributed by atoms with Gasteiger partial charge in [0.15, 0.2) is 0 Å². The van der Waals surface area contributed by atoms with Crippen molar-refractivity contribution >= 4 is 5.97 Å². The van der Waals surface area contributed by atoms with E-state index in [0.29, 0.717) is 6.54 Å². The van der Waals surface area contributed by atoms with Crippen molar-refractivity contribution in [3.63, 3.8) is 0 Å². The number of hydrogen-bond acceptors (Lipinski definition) is 4. The van der Waals surface area contributed by atoms with E-state index in [1.807, 2.05) is 32.6 Å². The van der Waals surface area contributed by atoms with Crippen molar-refractivity contribution in [3.8, 4) is 0 Å². The van der Waals surface area contributed by atoms with Crippen LogP contribution in [0.25, 0.3) is 0 Å². The lowest BCUT2D eigenvalue weighted by molar-refractivity contribution is -0.161.